The molecule has 2 aromatic heterocycles. The molecule has 0 aliphatic carbocycles. The zero-order valence-corrected chi connectivity index (χ0v) is 13.7. The van der Waals surface area contributed by atoms with Crippen LogP contribution in [0.1, 0.15) is 38.5 Å². The van der Waals surface area contributed by atoms with Crippen LogP contribution in [0.3, 0.4) is 0 Å². The second-order valence-electron chi connectivity index (χ2n) is 5.71. The molecule has 0 unspecified atom stereocenters. The van der Waals surface area contributed by atoms with Gasteiger partial charge in [0.25, 0.3) is 6.43 Å². The summed E-state index contributed by atoms with van der Waals surface area (Å²) in [4.78, 5) is 4.11. The molecule has 0 aliphatic rings. The van der Waals surface area contributed by atoms with Crippen molar-refractivity contribution in [3.05, 3.63) is 40.3 Å². The summed E-state index contributed by atoms with van der Waals surface area (Å²) in [6.07, 6.45) is 0.401. The first-order valence-electron chi connectivity index (χ1n) is 6.50. The van der Waals surface area contributed by atoms with Gasteiger partial charge in [-0.3, -0.25) is 0 Å². The van der Waals surface area contributed by atoms with Gasteiger partial charge in [0, 0.05) is 28.3 Å². The van der Waals surface area contributed by atoms with E-state index >= 15 is 0 Å². The Bertz CT molecular complexity index is 602. The van der Waals surface area contributed by atoms with E-state index in [1.54, 1.807) is 18.3 Å². The van der Waals surface area contributed by atoms with Crippen LogP contribution >= 0.6 is 15.9 Å². The molecule has 1 N–H and O–H groups in total. The van der Waals surface area contributed by atoms with E-state index in [-0.39, 0.29) is 11.2 Å². The lowest BCUT2D eigenvalue weighted by atomic mass is 10.1. The summed E-state index contributed by atoms with van der Waals surface area (Å²) in [5, 5.41) is 7.25. The fraction of sp³-hybridized carbons (Fsp3) is 0.429. The Labute approximate surface area is 130 Å². The maximum Gasteiger partial charge on any atom is 0.280 e. The fourth-order valence-corrected chi connectivity index (χ4v) is 2.03. The van der Waals surface area contributed by atoms with Crippen LogP contribution in [0.15, 0.2) is 29.0 Å². The molecule has 21 heavy (non-hydrogen) atoms. The highest BCUT2D eigenvalue weighted by Gasteiger charge is 2.22. The van der Waals surface area contributed by atoms with Crippen molar-refractivity contribution in [1.82, 2.24) is 20.1 Å². The summed E-state index contributed by atoms with van der Waals surface area (Å²) in [6, 6.07) is 3.39. The Hall–Kier alpha value is -1.34. The van der Waals surface area contributed by atoms with Crippen LogP contribution in [-0.2, 0) is 6.54 Å². The molecule has 0 spiro atoms. The molecule has 0 radical (unpaired) electrons. The van der Waals surface area contributed by atoms with Gasteiger partial charge in [-0.25, -0.2) is 18.4 Å². The minimum atomic E-state index is -2.62. The fourth-order valence-electron chi connectivity index (χ4n) is 1.80. The van der Waals surface area contributed by atoms with E-state index in [2.05, 4.69) is 31.3 Å². The van der Waals surface area contributed by atoms with Crippen molar-refractivity contribution < 1.29 is 8.78 Å². The van der Waals surface area contributed by atoms with Gasteiger partial charge in [-0.1, -0.05) is 0 Å². The summed E-state index contributed by atoms with van der Waals surface area (Å²) in [5.74, 6) is 0.371. The second-order valence-corrected chi connectivity index (χ2v) is 6.62. The van der Waals surface area contributed by atoms with Crippen molar-refractivity contribution in [3.63, 3.8) is 0 Å². The molecule has 0 aromatic carbocycles. The highest BCUT2D eigenvalue weighted by Crippen LogP contribution is 2.25. The van der Waals surface area contributed by atoms with Crippen LogP contribution in [0, 0.1) is 0 Å². The Morgan fingerprint density at radius 1 is 1.29 bits per heavy atom. The number of rotatable bonds is 4. The Kier molecular flexibility index (Phi) is 4.73. The third-order valence-electron chi connectivity index (χ3n) is 2.83. The molecule has 2 rings (SSSR count). The van der Waals surface area contributed by atoms with Crippen molar-refractivity contribution in [3.8, 4) is 5.82 Å². The topological polar surface area (TPSA) is 42.7 Å². The predicted octanol–water partition coefficient (Wildman–Crippen LogP) is 3.86. The largest absolute Gasteiger partial charge is 0.308 e. The lowest BCUT2D eigenvalue weighted by molar-refractivity contribution is 0.141. The molecular weight excluding hydrogens is 342 g/mol. The summed E-state index contributed by atoms with van der Waals surface area (Å²) >= 11 is 3.27. The first-order chi connectivity index (χ1) is 9.78. The molecule has 0 aliphatic heterocycles. The molecule has 114 valence electrons. The van der Waals surface area contributed by atoms with Gasteiger partial charge in [0.1, 0.15) is 5.69 Å². The van der Waals surface area contributed by atoms with E-state index < -0.39 is 6.43 Å². The number of halogens is 3. The maximum atomic E-state index is 13.4. The molecule has 0 bridgehead atoms. The summed E-state index contributed by atoms with van der Waals surface area (Å²) in [6.45, 7) is 6.28. The van der Waals surface area contributed by atoms with Gasteiger partial charge in [0.15, 0.2) is 5.82 Å². The predicted molar refractivity (Wildman–Crippen MR) is 80.6 cm³/mol. The number of aromatic nitrogens is 3. The monoisotopic (exact) mass is 358 g/mol. The smallest absolute Gasteiger partial charge is 0.280 e. The summed E-state index contributed by atoms with van der Waals surface area (Å²) in [5.41, 5.74) is 0.198. The highest BCUT2D eigenvalue weighted by molar-refractivity contribution is 9.10. The molecule has 4 nitrogen and oxygen atoms in total. The molecule has 2 heterocycles. The van der Waals surface area contributed by atoms with E-state index in [4.69, 9.17) is 0 Å². The third kappa shape index (κ3) is 4.07. The van der Waals surface area contributed by atoms with Crippen LogP contribution in [-0.4, -0.2) is 20.3 Å². The average Bonchev–Trinajstić information content (AvgIpc) is 2.80. The highest BCUT2D eigenvalue weighted by atomic mass is 79.9. The van der Waals surface area contributed by atoms with E-state index in [1.807, 2.05) is 20.8 Å². The number of alkyl halides is 2. The Morgan fingerprint density at radius 3 is 2.52 bits per heavy atom. The number of hydrogen-bond donors (Lipinski definition) is 1. The molecule has 0 amide bonds. The van der Waals surface area contributed by atoms with E-state index in [0.717, 1.165) is 4.47 Å². The average molecular weight is 359 g/mol. The van der Waals surface area contributed by atoms with Crippen molar-refractivity contribution >= 4 is 15.9 Å². The Balaban J connectivity index is 2.35. The van der Waals surface area contributed by atoms with Crippen LogP contribution < -0.4 is 5.32 Å². The van der Waals surface area contributed by atoms with Crippen LogP contribution in [0.4, 0.5) is 8.78 Å². The second kappa shape index (κ2) is 6.19. The number of hydrogen-bond acceptors (Lipinski definition) is 3. The van der Waals surface area contributed by atoms with Gasteiger partial charge >= 0.3 is 0 Å². The van der Waals surface area contributed by atoms with Gasteiger partial charge < -0.3 is 5.32 Å². The molecule has 0 fully saturated rings. The molecule has 0 saturated carbocycles. The van der Waals surface area contributed by atoms with Gasteiger partial charge in [-0.2, -0.15) is 5.10 Å². The minimum Gasteiger partial charge on any atom is -0.308 e. The number of nitrogens with zero attached hydrogens (tertiary/aromatic N) is 3. The summed E-state index contributed by atoms with van der Waals surface area (Å²) in [7, 11) is 0. The summed E-state index contributed by atoms with van der Waals surface area (Å²) < 4.78 is 28.7. The zero-order valence-electron chi connectivity index (χ0n) is 12.1. The Morgan fingerprint density at radius 2 is 2.00 bits per heavy atom. The van der Waals surface area contributed by atoms with Crippen molar-refractivity contribution in [2.24, 2.45) is 0 Å². The molecular formula is C14H17BrF2N4. The van der Waals surface area contributed by atoms with Crippen molar-refractivity contribution in [1.29, 1.82) is 0 Å². The zero-order chi connectivity index (χ0) is 15.6. The lowest BCUT2D eigenvalue weighted by Gasteiger charge is -2.20. The first kappa shape index (κ1) is 16.0. The maximum absolute atomic E-state index is 13.4. The quantitative estimate of drug-likeness (QED) is 0.902. The molecule has 0 saturated heterocycles. The van der Waals surface area contributed by atoms with Crippen molar-refractivity contribution in [2.45, 2.75) is 39.3 Å². The molecule has 2 aromatic rings. The van der Waals surface area contributed by atoms with E-state index in [1.165, 1.54) is 10.9 Å². The van der Waals surface area contributed by atoms with Gasteiger partial charge in [0.05, 0.1) is 6.20 Å². The molecule has 0 atom stereocenters. The van der Waals surface area contributed by atoms with Gasteiger partial charge in [0.2, 0.25) is 0 Å². The van der Waals surface area contributed by atoms with Gasteiger partial charge in [-0.05, 0) is 48.8 Å². The number of nitrogens with one attached hydrogen (secondary N) is 1. The molecule has 7 heteroatoms. The first-order valence-corrected chi connectivity index (χ1v) is 7.29. The lowest BCUT2D eigenvalue weighted by Crippen LogP contribution is -2.35. The van der Waals surface area contributed by atoms with Crippen LogP contribution in [0.25, 0.3) is 5.82 Å². The van der Waals surface area contributed by atoms with Gasteiger partial charge in [-0.15, -0.1) is 0 Å². The van der Waals surface area contributed by atoms with Crippen LogP contribution in [0.5, 0.6) is 0 Å². The minimum absolute atomic E-state index is 0.124. The standard InChI is InChI=1S/C14H17BrF2N4/c1-14(2,3)19-6-9-7-20-21(12(9)13(16)17)11-5-4-10(15)8-18-11/h4-5,7-8,13,19H,6H2,1-3H3. The van der Waals surface area contributed by atoms with E-state index in [0.29, 0.717) is 17.9 Å². The number of pyridine rings is 1. The normalized spacial score (nSPS) is 12.1. The SMILES string of the molecule is CC(C)(C)NCc1cnn(-c2ccc(Br)cn2)c1C(F)F. The third-order valence-corrected chi connectivity index (χ3v) is 3.30. The van der Waals surface area contributed by atoms with Crippen molar-refractivity contribution in [2.75, 3.05) is 0 Å². The van der Waals surface area contributed by atoms with E-state index in [9.17, 15) is 8.78 Å². The van der Waals surface area contributed by atoms with Crippen LogP contribution in [0.2, 0.25) is 0 Å².